The zero-order valence-electron chi connectivity index (χ0n) is 12.8. The number of benzene rings is 1. The lowest BCUT2D eigenvalue weighted by Crippen LogP contribution is -2.51. The van der Waals surface area contributed by atoms with Gasteiger partial charge in [-0.05, 0) is 54.8 Å². The third-order valence-electron chi connectivity index (χ3n) is 5.67. The summed E-state index contributed by atoms with van der Waals surface area (Å²) in [4.78, 5) is 0. The minimum atomic E-state index is 0. The Morgan fingerprint density at radius 1 is 1.25 bits per heavy atom. The van der Waals surface area contributed by atoms with Gasteiger partial charge in [-0.15, -0.1) is 12.4 Å². The van der Waals surface area contributed by atoms with Gasteiger partial charge in [0.15, 0.2) is 0 Å². The Bertz CT molecular complexity index is 421. The highest BCUT2D eigenvalue weighted by atomic mass is 35.5. The van der Waals surface area contributed by atoms with Crippen LogP contribution in [-0.4, -0.2) is 6.54 Å². The fourth-order valence-corrected chi connectivity index (χ4v) is 3.81. The molecule has 114 valence electrons. The van der Waals surface area contributed by atoms with Crippen LogP contribution in [0.25, 0.3) is 0 Å². The van der Waals surface area contributed by atoms with Crippen molar-refractivity contribution in [3.8, 4) is 0 Å². The van der Waals surface area contributed by atoms with Crippen LogP contribution in [0.2, 0.25) is 5.02 Å². The van der Waals surface area contributed by atoms with Crippen molar-refractivity contribution >= 4 is 24.0 Å². The Morgan fingerprint density at radius 2 is 1.80 bits per heavy atom. The summed E-state index contributed by atoms with van der Waals surface area (Å²) < 4.78 is 0. The van der Waals surface area contributed by atoms with Gasteiger partial charge in [0.2, 0.25) is 0 Å². The molecule has 0 heterocycles. The number of hydrogen-bond acceptors (Lipinski definition) is 1. The molecule has 0 spiro atoms. The van der Waals surface area contributed by atoms with Crippen LogP contribution in [0.3, 0.4) is 0 Å². The molecule has 0 aliphatic heterocycles. The van der Waals surface area contributed by atoms with Gasteiger partial charge in [0, 0.05) is 10.4 Å². The van der Waals surface area contributed by atoms with Crippen LogP contribution >= 0.6 is 24.0 Å². The average molecular weight is 316 g/mol. The van der Waals surface area contributed by atoms with Gasteiger partial charge in [-0.3, -0.25) is 0 Å². The lowest BCUT2D eigenvalue weighted by atomic mass is 9.48. The maximum Gasteiger partial charge on any atom is 0.0406 e. The van der Waals surface area contributed by atoms with E-state index in [1.54, 1.807) is 0 Å². The van der Waals surface area contributed by atoms with E-state index < -0.39 is 0 Å². The van der Waals surface area contributed by atoms with Crippen LogP contribution in [0.4, 0.5) is 0 Å². The van der Waals surface area contributed by atoms with Crippen molar-refractivity contribution in [3.05, 3.63) is 34.9 Å². The molecule has 0 amide bonds. The predicted octanol–water partition coefficient (Wildman–Crippen LogP) is 5.19. The minimum absolute atomic E-state index is 0. The molecular formula is C17H27Cl2N. The molecule has 1 aliphatic rings. The van der Waals surface area contributed by atoms with E-state index in [1.807, 2.05) is 12.1 Å². The van der Waals surface area contributed by atoms with Gasteiger partial charge >= 0.3 is 0 Å². The van der Waals surface area contributed by atoms with Gasteiger partial charge in [0.25, 0.3) is 0 Å². The maximum atomic E-state index is 6.03. The summed E-state index contributed by atoms with van der Waals surface area (Å²) >= 11 is 6.03. The molecule has 0 saturated heterocycles. The first-order valence-electron chi connectivity index (χ1n) is 7.40. The molecule has 2 N–H and O–H groups in total. The van der Waals surface area contributed by atoms with Crippen molar-refractivity contribution in [1.82, 2.24) is 0 Å². The Labute approximate surface area is 134 Å². The lowest BCUT2D eigenvalue weighted by Gasteiger charge is -2.56. The first kappa shape index (κ1) is 17.8. The van der Waals surface area contributed by atoms with E-state index in [1.165, 1.54) is 24.8 Å². The molecule has 1 aromatic carbocycles. The van der Waals surface area contributed by atoms with E-state index in [0.29, 0.717) is 11.3 Å². The average Bonchev–Trinajstić information content (AvgIpc) is 2.30. The van der Waals surface area contributed by atoms with E-state index in [9.17, 15) is 0 Å². The summed E-state index contributed by atoms with van der Waals surface area (Å²) in [5.41, 5.74) is 7.81. The Balaban J connectivity index is 0.00000200. The Kier molecular flexibility index (Phi) is 5.95. The van der Waals surface area contributed by atoms with Crippen LogP contribution in [-0.2, 0) is 5.41 Å². The number of halogens is 2. The van der Waals surface area contributed by atoms with Gasteiger partial charge in [-0.25, -0.2) is 0 Å². The second-order valence-electron chi connectivity index (χ2n) is 6.64. The first-order chi connectivity index (χ1) is 8.94. The fourth-order valence-electron chi connectivity index (χ4n) is 3.69. The molecule has 0 aromatic heterocycles. The number of hydrogen-bond donors (Lipinski definition) is 1. The lowest BCUT2D eigenvalue weighted by molar-refractivity contribution is 0.0178. The Hall–Kier alpha value is -0.240. The molecule has 0 bridgehead atoms. The molecule has 1 atom stereocenters. The highest BCUT2D eigenvalue weighted by molar-refractivity contribution is 6.30. The Morgan fingerprint density at radius 3 is 2.20 bits per heavy atom. The van der Waals surface area contributed by atoms with Gasteiger partial charge in [0.05, 0.1) is 0 Å². The third-order valence-corrected chi connectivity index (χ3v) is 5.92. The molecule has 1 saturated carbocycles. The molecule has 1 aliphatic carbocycles. The normalized spacial score (nSPS) is 18.9. The van der Waals surface area contributed by atoms with E-state index in [0.717, 1.165) is 18.0 Å². The molecule has 3 heteroatoms. The van der Waals surface area contributed by atoms with Gasteiger partial charge < -0.3 is 5.73 Å². The summed E-state index contributed by atoms with van der Waals surface area (Å²) in [6, 6.07) is 8.50. The summed E-state index contributed by atoms with van der Waals surface area (Å²) in [6.45, 7) is 7.96. The SMILES string of the molecule is CC(CCN)C(C)(C)C1(c2ccc(Cl)cc2)CCC1.Cl. The minimum Gasteiger partial charge on any atom is -0.330 e. The fraction of sp³-hybridized carbons (Fsp3) is 0.647. The van der Waals surface area contributed by atoms with Crippen LogP contribution in [0.15, 0.2) is 24.3 Å². The highest BCUT2D eigenvalue weighted by Crippen LogP contribution is 2.58. The predicted molar refractivity (Wildman–Crippen MR) is 90.8 cm³/mol. The zero-order chi connectivity index (χ0) is 14.1. The largest absolute Gasteiger partial charge is 0.330 e. The van der Waals surface area contributed by atoms with E-state index in [4.69, 9.17) is 17.3 Å². The topological polar surface area (TPSA) is 26.0 Å². The molecule has 1 nitrogen and oxygen atoms in total. The van der Waals surface area contributed by atoms with Crippen LogP contribution < -0.4 is 5.73 Å². The molecule has 1 fully saturated rings. The van der Waals surface area contributed by atoms with Gasteiger partial charge in [0.1, 0.15) is 0 Å². The van der Waals surface area contributed by atoms with Crippen molar-refractivity contribution in [2.24, 2.45) is 17.1 Å². The smallest absolute Gasteiger partial charge is 0.0406 e. The van der Waals surface area contributed by atoms with Crippen LogP contribution in [0.5, 0.6) is 0 Å². The first-order valence-corrected chi connectivity index (χ1v) is 7.78. The molecule has 2 rings (SSSR count). The van der Waals surface area contributed by atoms with Gasteiger partial charge in [-0.1, -0.05) is 50.9 Å². The van der Waals surface area contributed by atoms with E-state index in [-0.39, 0.29) is 17.8 Å². The van der Waals surface area contributed by atoms with Crippen molar-refractivity contribution in [3.63, 3.8) is 0 Å². The standard InChI is InChI=1S/C17H26ClN.ClH/c1-13(9-12-19)16(2,3)17(10-4-11-17)14-5-7-15(18)8-6-14;/h5-8,13H,4,9-12,19H2,1-3H3;1H. The van der Waals surface area contributed by atoms with Crippen LogP contribution in [0, 0.1) is 11.3 Å². The van der Waals surface area contributed by atoms with E-state index in [2.05, 4.69) is 32.9 Å². The molecule has 20 heavy (non-hydrogen) atoms. The van der Waals surface area contributed by atoms with E-state index >= 15 is 0 Å². The maximum absolute atomic E-state index is 6.03. The number of rotatable bonds is 5. The quantitative estimate of drug-likeness (QED) is 0.794. The molecule has 0 radical (unpaired) electrons. The second kappa shape index (κ2) is 6.68. The van der Waals surface area contributed by atoms with Crippen molar-refractivity contribution in [2.45, 2.75) is 51.9 Å². The third kappa shape index (κ3) is 2.86. The second-order valence-corrected chi connectivity index (χ2v) is 7.08. The zero-order valence-corrected chi connectivity index (χ0v) is 14.4. The van der Waals surface area contributed by atoms with Crippen molar-refractivity contribution < 1.29 is 0 Å². The summed E-state index contributed by atoms with van der Waals surface area (Å²) in [6.07, 6.45) is 5.01. The highest BCUT2D eigenvalue weighted by Gasteiger charge is 2.52. The molecule has 1 aromatic rings. The number of nitrogens with two attached hydrogens (primary N) is 1. The molecule has 1 unspecified atom stereocenters. The van der Waals surface area contributed by atoms with Crippen molar-refractivity contribution in [2.75, 3.05) is 6.54 Å². The molecular weight excluding hydrogens is 289 g/mol. The van der Waals surface area contributed by atoms with Crippen LogP contribution in [0.1, 0.15) is 52.0 Å². The summed E-state index contributed by atoms with van der Waals surface area (Å²) in [5, 5.41) is 0.825. The van der Waals surface area contributed by atoms with Gasteiger partial charge in [-0.2, -0.15) is 0 Å². The van der Waals surface area contributed by atoms with Crippen molar-refractivity contribution in [1.29, 1.82) is 0 Å². The summed E-state index contributed by atoms with van der Waals surface area (Å²) in [5.74, 6) is 0.633. The monoisotopic (exact) mass is 315 g/mol. The summed E-state index contributed by atoms with van der Waals surface area (Å²) in [7, 11) is 0.